The average Bonchev–Trinajstić information content (AvgIpc) is 2.90. The smallest absolute Gasteiger partial charge is 0.185 e. The van der Waals surface area contributed by atoms with E-state index in [2.05, 4.69) is 44.0 Å². The zero-order valence-electron chi connectivity index (χ0n) is 19.8. The van der Waals surface area contributed by atoms with Crippen molar-refractivity contribution in [1.29, 1.82) is 0 Å². The number of ether oxygens (including phenoxy) is 4. The Labute approximate surface area is 215 Å². The SMILES string of the molecule is C[P+](c1ccc(N2CCOCC2)cc1N1CCOCC1)(N1CCOCC1)N1CCOCC1.[I-]. The standard InChI is InChI=1S/C23H38N4O4P.HI/c1-32(26-8-16-30-17-9-26,27-10-18-31-19-11-27)23-3-2-21(24-4-12-28-13-5-24)20-22(23)25-6-14-29-15-7-25;/h2-3,20H,4-19H2,1H3;1H/q+1;/p-1. The first kappa shape index (κ1) is 25.8. The summed E-state index contributed by atoms with van der Waals surface area (Å²) in [6.07, 6.45) is 0. The van der Waals surface area contributed by atoms with Gasteiger partial charge in [-0.1, -0.05) is 0 Å². The van der Waals surface area contributed by atoms with Crippen LogP contribution in [0, 0.1) is 0 Å². The third kappa shape index (κ3) is 5.61. The number of halogens is 1. The van der Waals surface area contributed by atoms with E-state index in [1.54, 1.807) is 0 Å². The molecule has 0 radical (unpaired) electrons. The number of morpholine rings is 4. The fourth-order valence-corrected chi connectivity index (χ4v) is 9.16. The summed E-state index contributed by atoms with van der Waals surface area (Å²) in [5.74, 6) is 0. The summed E-state index contributed by atoms with van der Waals surface area (Å²) < 4.78 is 28.3. The van der Waals surface area contributed by atoms with E-state index in [1.165, 1.54) is 16.7 Å². The van der Waals surface area contributed by atoms with Gasteiger partial charge in [0.2, 0.25) is 0 Å². The first-order chi connectivity index (χ1) is 15.8. The zero-order valence-corrected chi connectivity index (χ0v) is 22.8. The molecule has 0 saturated carbocycles. The van der Waals surface area contributed by atoms with Gasteiger partial charge >= 0.3 is 0 Å². The molecule has 4 fully saturated rings. The summed E-state index contributed by atoms with van der Waals surface area (Å²) in [5, 5.41) is 1.50. The lowest BCUT2D eigenvalue weighted by Crippen LogP contribution is -3.00. The van der Waals surface area contributed by atoms with Crippen LogP contribution in [-0.4, -0.2) is 121 Å². The molecule has 8 nitrogen and oxygen atoms in total. The van der Waals surface area contributed by atoms with Gasteiger partial charge < -0.3 is 52.7 Å². The summed E-state index contributed by atoms with van der Waals surface area (Å²) in [6.45, 7) is 16.8. The van der Waals surface area contributed by atoms with Crippen LogP contribution in [0.15, 0.2) is 18.2 Å². The summed E-state index contributed by atoms with van der Waals surface area (Å²) >= 11 is 0. The molecule has 0 bridgehead atoms. The van der Waals surface area contributed by atoms with Crippen LogP contribution >= 0.6 is 7.56 Å². The van der Waals surface area contributed by atoms with E-state index < -0.39 is 7.56 Å². The molecular formula is C23H38IN4O4P. The number of nitrogens with zero attached hydrogens (tertiary/aromatic N) is 4. The van der Waals surface area contributed by atoms with E-state index in [-0.39, 0.29) is 24.0 Å². The molecule has 0 amide bonds. The Hall–Kier alpha value is -0.260. The molecule has 186 valence electrons. The second kappa shape index (κ2) is 12.1. The maximum Gasteiger partial charge on any atom is 0.185 e. The highest BCUT2D eigenvalue weighted by Crippen LogP contribution is 2.62. The van der Waals surface area contributed by atoms with Gasteiger partial charge in [0.25, 0.3) is 0 Å². The van der Waals surface area contributed by atoms with Crippen molar-refractivity contribution in [3.8, 4) is 0 Å². The minimum atomic E-state index is -1.76. The molecule has 0 spiro atoms. The molecule has 1 aromatic rings. The number of rotatable bonds is 5. The fraction of sp³-hybridized carbons (Fsp3) is 0.739. The molecule has 33 heavy (non-hydrogen) atoms. The first-order valence-electron chi connectivity index (χ1n) is 12.1. The van der Waals surface area contributed by atoms with Crippen molar-refractivity contribution in [3.63, 3.8) is 0 Å². The van der Waals surface area contributed by atoms with Gasteiger partial charge in [-0.15, -0.1) is 0 Å². The Morgan fingerprint density at radius 2 is 1.03 bits per heavy atom. The predicted molar refractivity (Wildman–Crippen MR) is 130 cm³/mol. The summed E-state index contributed by atoms with van der Waals surface area (Å²) in [5.41, 5.74) is 2.71. The lowest BCUT2D eigenvalue weighted by atomic mass is 10.2. The van der Waals surface area contributed by atoms with Gasteiger partial charge in [0.1, 0.15) is 0 Å². The Kier molecular flexibility index (Phi) is 9.49. The normalized spacial score (nSPS) is 23.9. The Balaban J connectivity index is 0.00000259. The third-order valence-electron chi connectivity index (χ3n) is 7.22. The predicted octanol–water partition coefficient (Wildman–Crippen LogP) is -1.87. The topological polar surface area (TPSA) is 49.9 Å². The third-order valence-corrected chi connectivity index (χ3v) is 11.5. The molecule has 4 heterocycles. The molecule has 0 N–H and O–H groups in total. The summed E-state index contributed by atoms with van der Waals surface area (Å²) in [7, 11) is -1.76. The maximum absolute atomic E-state index is 5.75. The monoisotopic (exact) mass is 592 g/mol. The zero-order chi connectivity index (χ0) is 21.8. The molecule has 4 saturated heterocycles. The van der Waals surface area contributed by atoms with Crippen LogP contribution in [0.4, 0.5) is 11.4 Å². The van der Waals surface area contributed by atoms with Crippen molar-refractivity contribution in [3.05, 3.63) is 18.2 Å². The van der Waals surface area contributed by atoms with E-state index in [0.717, 1.165) is 105 Å². The van der Waals surface area contributed by atoms with Crippen molar-refractivity contribution in [1.82, 2.24) is 9.34 Å². The van der Waals surface area contributed by atoms with Crippen LogP contribution < -0.4 is 39.1 Å². The average molecular weight is 592 g/mol. The second-order valence-electron chi connectivity index (χ2n) is 8.92. The van der Waals surface area contributed by atoms with Crippen molar-refractivity contribution >= 4 is 24.2 Å². The molecule has 4 aliphatic rings. The highest BCUT2D eigenvalue weighted by molar-refractivity contribution is 7.78. The van der Waals surface area contributed by atoms with E-state index >= 15 is 0 Å². The highest BCUT2D eigenvalue weighted by Gasteiger charge is 2.51. The molecule has 0 aromatic heterocycles. The van der Waals surface area contributed by atoms with E-state index in [0.29, 0.717) is 0 Å². The molecule has 0 aliphatic carbocycles. The minimum Gasteiger partial charge on any atom is -1.00 e. The second-order valence-corrected chi connectivity index (χ2v) is 12.4. The largest absolute Gasteiger partial charge is 1.00 e. The van der Waals surface area contributed by atoms with Crippen LogP contribution in [0.25, 0.3) is 0 Å². The van der Waals surface area contributed by atoms with Crippen LogP contribution in [0.2, 0.25) is 0 Å². The first-order valence-corrected chi connectivity index (χ1v) is 14.2. The maximum atomic E-state index is 5.75. The van der Waals surface area contributed by atoms with Gasteiger partial charge in [-0.05, 0) is 18.2 Å². The van der Waals surface area contributed by atoms with Gasteiger partial charge in [-0.25, -0.2) is 0 Å². The lowest BCUT2D eigenvalue weighted by Gasteiger charge is -2.45. The Morgan fingerprint density at radius 3 is 1.52 bits per heavy atom. The summed E-state index contributed by atoms with van der Waals surface area (Å²) in [4.78, 5) is 5.03. The molecule has 4 aliphatic heterocycles. The fourth-order valence-electron chi connectivity index (χ4n) is 5.32. The molecular weight excluding hydrogens is 554 g/mol. The molecule has 0 atom stereocenters. The minimum absolute atomic E-state index is 0. The summed E-state index contributed by atoms with van der Waals surface area (Å²) in [6, 6.07) is 7.24. The highest BCUT2D eigenvalue weighted by atomic mass is 127. The lowest BCUT2D eigenvalue weighted by molar-refractivity contribution is -0.00000953. The van der Waals surface area contributed by atoms with Gasteiger partial charge in [0, 0.05) is 31.9 Å². The van der Waals surface area contributed by atoms with Crippen molar-refractivity contribution in [2.75, 3.05) is 122 Å². The molecule has 5 rings (SSSR count). The van der Waals surface area contributed by atoms with Crippen molar-refractivity contribution < 1.29 is 42.9 Å². The van der Waals surface area contributed by atoms with E-state index in [1.807, 2.05) is 0 Å². The van der Waals surface area contributed by atoms with Crippen molar-refractivity contribution in [2.45, 2.75) is 0 Å². The van der Waals surface area contributed by atoms with E-state index in [9.17, 15) is 0 Å². The van der Waals surface area contributed by atoms with Gasteiger partial charge in [-0.2, -0.15) is 9.34 Å². The van der Waals surface area contributed by atoms with Crippen molar-refractivity contribution in [2.24, 2.45) is 0 Å². The van der Waals surface area contributed by atoms with Crippen LogP contribution in [-0.2, 0) is 18.9 Å². The number of hydrogen-bond donors (Lipinski definition) is 0. The van der Waals surface area contributed by atoms with Crippen LogP contribution in [0.5, 0.6) is 0 Å². The quantitative estimate of drug-likeness (QED) is 0.292. The number of hydrogen-bond acceptors (Lipinski definition) is 8. The molecule has 1 aromatic carbocycles. The molecule has 0 unspecified atom stereocenters. The van der Waals surface area contributed by atoms with Crippen LogP contribution in [0.1, 0.15) is 0 Å². The Morgan fingerprint density at radius 1 is 0.606 bits per heavy atom. The number of anilines is 2. The van der Waals surface area contributed by atoms with Gasteiger partial charge in [-0.3, -0.25) is 0 Å². The van der Waals surface area contributed by atoms with Gasteiger partial charge in [0.05, 0.1) is 91.4 Å². The Bertz CT molecular complexity index is 734. The molecule has 10 heteroatoms. The van der Waals surface area contributed by atoms with E-state index in [4.69, 9.17) is 18.9 Å². The number of benzene rings is 1. The van der Waals surface area contributed by atoms with Gasteiger partial charge in [0.15, 0.2) is 12.9 Å². The van der Waals surface area contributed by atoms with Crippen LogP contribution in [0.3, 0.4) is 0 Å².